The van der Waals surface area contributed by atoms with Crippen LogP contribution in [0.3, 0.4) is 0 Å². The molecule has 19 heavy (non-hydrogen) atoms. The summed E-state index contributed by atoms with van der Waals surface area (Å²) in [4.78, 5) is 4.74. The molecule has 1 N–H and O–H groups in total. The van der Waals surface area contributed by atoms with Crippen molar-refractivity contribution in [2.24, 2.45) is 0 Å². The summed E-state index contributed by atoms with van der Waals surface area (Å²) in [6, 6.07) is 9.14. The minimum atomic E-state index is 0.695. The van der Waals surface area contributed by atoms with Crippen LogP contribution in [0.25, 0.3) is 11.3 Å². The number of rotatable bonds is 4. The molecule has 100 valence electrons. The van der Waals surface area contributed by atoms with Crippen molar-refractivity contribution < 1.29 is 0 Å². The summed E-state index contributed by atoms with van der Waals surface area (Å²) in [5.41, 5.74) is 3.46. The number of nitrogens with one attached hydrogen (secondary N) is 1. The molecule has 3 heteroatoms. The molecule has 0 atom stereocenters. The van der Waals surface area contributed by atoms with Crippen LogP contribution >= 0.6 is 11.3 Å². The van der Waals surface area contributed by atoms with Crippen molar-refractivity contribution in [2.45, 2.75) is 44.7 Å². The van der Waals surface area contributed by atoms with Gasteiger partial charge < -0.3 is 5.32 Å². The van der Waals surface area contributed by atoms with Gasteiger partial charge in [0.25, 0.3) is 0 Å². The maximum absolute atomic E-state index is 4.74. The van der Waals surface area contributed by atoms with Gasteiger partial charge in [0, 0.05) is 23.5 Å². The van der Waals surface area contributed by atoms with Gasteiger partial charge in [0.05, 0.1) is 11.4 Å². The Kier molecular flexibility index (Phi) is 4.26. The van der Waals surface area contributed by atoms with Crippen molar-refractivity contribution in [3.63, 3.8) is 0 Å². The van der Waals surface area contributed by atoms with Gasteiger partial charge in [0.2, 0.25) is 0 Å². The highest BCUT2D eigenvalue weighted by atomic mass is 32.1. The molecule has 0 bridgehead atoms. The third-order valence-electron chi connectivity index (χ3n) is 3.80. The van der Waals surface area contributed by atoms with Gasteiger partial charge in [-0.25, -0.2) is 0 Å². The Hall–Kier alpha value is -1.19. The molecule has 2 heterocycles. The summed E-state index contributed by atoms with van der Waals surface area (Å²) in [5, 5.41) is 7.91. The Labute approximate surface area is 118 Å². The van der Waals surface area contributed by atoms with Crippen LogP contribution in [-0.4, -0.2) is 11.0 Å². The molecule has 0 amide bonds. The van der Waals surface area contributed by atoms with Crippen LogP contribution in [-0.2, 0) is 6.54 Å². The summed E-state index contributed by atoms with van der Waals surface area (Å²) < 4.78 is 0. The summed E-state index contributed by atoms with van der Waals surface area (Å²) in [5.74, 6) is 0. The van der Waals surface area contributed by atoms with Crippen molar-refractivity contribution in [3.8, 4) is 11.3 Å². The largest absolute Gasteiger partial charge is 0.308 e. The Bertz CT molecular complexity index is 501. The summed E-state index contributed by atoms with van der Waals surface area (Å²) in [6.07, 6.45) is 6.80. The van der Waals surface area contributed by atoms with Gasteiger partial charge in [-0.1, -0.05) is 25.3 Å². The van der Waals surface area contributed by atoms with E-state index in [0.717, 1.165) is 17.9 Å². The predicted octanol–water partition coefficient (Wildman–Crippen LogP) is 4.23. The minimum Gasteiger partial charge on any atom is -0.308 e. The molecule has 1 fully saturated rings. The van der Waals surface area contributed by atoms with E-state index in [2.05, 4.69) is 40.3 Å². The number of hydrogen-bond acceptors (Lipinski definition) is 3. The van der Waals surface area contributed by atoms with E-state index in [9.17, 15) is 0 Å². The van der Waals surface area contributed by atoms with Crippen LogP contribution in [0.5, 0.6) is 0 Å². The first-order chi connectivity index (χ1) is 9.42. The predicted molar refractivity (Wildman–Crippen MR) is 81.3 cm³/mol. The van der Waals surface area contributed by atoms with E-state index < -0.39 is 0 Å². The molecule has 0 aromatic carbocycles. The van der Waals surface area contributed by atoms with E-state index in [1.807, 2.05) is 0 Å². The smallest absolute Gasteiger partial charge is 0.0714 e. The molecule has 1 aliphatic rings. The lowest BCUT2D eigenvalue weighted by molar-refractivity contribution is 0.371. The number of hydrogen-bond donors (Lipinski definition) is 1. The Morgan fingerprint density at radius 3 is 2.84 bits per heavy atom. The van der Waals surface area contributed by atoms with Gasteiger partial charge in [-0.2, -0.15) is 11.3 Å². The van der Waals surface area contributed by atoms with Crippen LogP contribution in [0.2, 0.25) is 0 Å². The Balaban J connectivity index is 1.63. The Morgan fingerprint density at radius 1 is 1.16 bits per heavy atom. The summed E-state index contributed by atoms with van der Waals surface area (Å²) in [7, 11) is 0. The second-order valence-corrected chi connectivity index (χ2v) is 6.02. The van der Waals surface area contributed by atoms with Crippen LogP contribution in [0, 0.1) is 0 Å². The zero-order chi connectivity index (χ0) is 12.9. The van der Waals surface area contributed by atoms with Gasteiger partial charge in [0.15, 0.2) is 0 Å². The zero-order valence-electron chi connectivity index (χ0n) is 11.1. The highest BCUT2D eigenvalue weighted by Gasteiger charge is 2.12. The van der Waals surface area contributed by atoms with Gasteiger partial charge in [-0.3, -0.25) is 4.98 Å². The monoisotopic (exact) mass is 272 g/mol. The third-order valence-corrected chi connectivity index (χ3v) is 4.48. The van der Waals surface area contributed by atoms with E-state index in [1.54, 1.807) is 11.3 Å². The minimum absolute atomic E-state index is 0.695. The Morgan fingerprint density at radius 2 is 2.05 bits per heavy atom. The van der Waals surface area contributed by atoms with Gasteiger partial charge in [-0.05, 0) is 36.4 Å². The molecule has 2 aromatic rings. The number of thiophene rings is 1. The van der Waals surface area contributed by atoms with Crippen LogP contribution in [0.15, 0.2) is 35.0 Å². The second kappa shape index (κ2) is 6.31. The number of pyridine rings is 1. The molecule has 1 aliphatic carbocycles. The first-order valence-corrected chi connectivity index (χ1v) is 8.08. The summed E-state index contributed by atoms with van der Waals surface area (Å²) >= 11 is 1.72. The van der Waals surface area contributed by atoms with E-state index in [1.165, 1.54) is 37.7 Å². The zero-order valence-corrected chi connectivity index (χ0v) is 12.0. The fraction of sp³-hybridized carbons (Fsp3) is 0.438. The van der Waals surface area contributed by atoms with E-state index in [-0.39, 0.29) is 0 Å². The average Bonchev–Trinajstić information content (AvgIpc) is 3.01. The van der Waals surface area contributed by atoms with Crippen LogP contribution < -0.4 is 5.32 Å². The molecule has 0 saturated heterocycles. The van der Waals surface area contributed by atoms with Crippen molar-refractivity contribution in [1.82, 2.24) is 10.3 Å². The van der Waals surface area contributed by atoms with Gasteiger partial charge in [-0.15, -0.1) is 0 Å². The molecular weight excluding hydrogens is 252 g/mol. The van der Waals surface area contributed by atoms with Gasteiger partial charge in [0.1, 0.15) is 0 Å². The highest BCUT2D eigenvalue weighted by Crippen LogP contribution is 2.21. The first-order valence-electron chi connectivity index (χ1n) is 7.14. The topological polar surface area (TPSA) is 24.9 Å². The normalized spacial score (nSPS) is 16.6. The van der Waals surface area contributed by atoms with Gasteiger partial charge >= 0.3 is 0 Å². The molecule has 0 radical (unpaired) electrons. The van der Waals surface area contributed by atoms with Crippen molar-refractivity contribution in [1.29, 1.82) is 0 Å². The van der Waals surface area contributed by atoms with E-state index in [0.29, 0.717) is 6.04 Å². The fourth-order valence-electron chi connectivity index (χ4n) is 2.70. The molecule has 2 nitrogen and oxygen atoms in total. The standard InChI is InChI=1S/C16H20N2S/c1-2-5-14(6-3-1)17-11-15-7-4-8-16(18-15)13-9-10-19-12-13/h4,7-10,12,14,17H,1-3,5-6,11H2. The number of nitrogens with zero attached hydrogens (tertiary/aromatic N) is 1. The summed E-state index contributed by atoms with van der Waals surface area (Å²) in [6.45, 7) is 0.892. The maximum atomic E-state index is 4.74. The molecular formula is C16H20N2S. The molecule has 0 unspecified atom stereocenters. The molecule has 1 saturated carbocycles. The van der Waals surface area contributed by atoms with Crippen molar-refractivity contribution >= 4 is 11.3 Å². The molecule has 0 spiro atoms. The van der Waals surface area contributed by atoms with Crippen molar-refractivity contribution in [2.75, 3.05) is 0 Å². The highest BCUT2D eigenvalue weighted by molar-refractivity contribution is 7.08. The van der Waals surface area contributed by atoms with Crippen LogP contribution in [0.4, 0.5) is 0 Å². The molecule has 2 aromatic heterocycles. The molecule has 3 rings (SSSR count). The maximum Gasteiger partial charge on any atom is 0.0714 e. The fourth-order valence-corrected chi connectivity index (χ4v) is 3.35. The van der Waals surface area contributed by atoms with Crippen LogP contribution in [0.1, 0.15) is 37.8 Å². The lowest BCUT2D eigenvalue weighted by Gasteiger charge is -2.22. The lowest BCUT2D eigenvalue weighted by Crippen LogP contribution is -2.30. The van der Waals surface area contributed by atoms with E-state index >= 15 is 0 Å². The second-order valence-electron chi connectivity index (χ2n) is 5.24. The average molecular weight is 272 g/mol. The lowest BCUT2D eigenvalue weighted by atomic mass is 9.95. The first kappa shape index (κ1) is 12.8. The van der Waals surface area contributed by atoms with E-state index in [4.69, 9.17) is 4.98 Å². The molecule has 0 aliphatic heterocycles. The van der Waals surface area contributed by atoms with Crippen molar-refractivity contribution in [3.05, 3.63) is 40.7 Å². The number of aromatic nitrogens is 1. The quantitative estimate of drug-likeness (QED) is 0.901. The third kappa shape index (κ3) is 3.43. The SMILES string of the molecule is c1cc(CNC2CCCCC2)nc(-c2ccsc2)c1.